The Balaban J connectivity index is 1.24. The predicted molar refractivity (Wildman–Crippen MR) is 217 cm³/mol. The van der Waals surface area contributed by atoms with Crippen LogP contribution in [0.4, 0.5) is 10.5 Å². The minimum absolute atomic E-state index is 0.0364. The number of hydrogen-bond donors (Lipinski definition) is 4. The third kappa shape index (κ3) is 10.3. The molecule has 4 unspecified atom stereocenters. The van der Waals surface area contributed by atoms with Crippen molar-refractivity contribution in [1.82, 2.24) is 4.57 Å². The van der Waals surface area contributed by atoms with Gasteiger partial charge in [0.2, 0.25) is 0 Å². The maximum Gasteiger partial charge on any atom is 0.325 e. The van der Waals surface area contributed by atoms with Crippen LogP contribution in [0.3, 0.4) is 0 Å². The van der Waals surface area contributed by atoms with Crippen molar-refractivity contribution in [3.63, 3.8) is 0 Å². The number of primary amides is 1. The van der Waals surface area contributed by atoms with Gasteiger partial charge in [0, 0.05) is 29.7 Å². The number of carbonyl (C=O) groups excluding carboxylic acids is 1. The van der Waals surface area contributed by atoms with Gasteiger partial charge < -0.3 is 20.5 Å². The summed E-state index contributed by atoms with van der Waals surface area (Å²) < 4.78 is 2.36. The van der Waals surface area contributed by atoms with Gasteiger partial charge in [-0.15, -0.1) is 0 Å². The molecule has 2 amide bonds. The fourth-order valence-electron chi connectivity index (χ4n) is 9.62. The molecule has 52 heavy (non-hydrogen) atoms. The number of nitrogens with zero attached hydrogens (tertiary/aromatic N) is 2. The average Bonchev–Trinajstić information content (AvgIpc) is 3.52. The lowest BCUT2D eigenvalue weighted by molar-refractivity contribution is 0.182. The molecule has 5 rings (SSSR count). The molecule has 0 radical (unpaired) electrons. The number of nitrogens with one attached hydrogen (secondary N) is 1. The molecule has 0 saturated heterocycles. The fourth-order valence-corrected chi connectivity index (χ4v) is 9.62. The quantitative estimate of drug-likeness (QED) is 0.151. The zero-order chi connectivity index (χ0) is 37.2. The van der Waals surface area contributed by atoms with E-state index in [0.29, 0.717) is 17.2 Å². The molecule has 2 saturated carbocycles. The van der Waals surface area contributed by atoms with E-state index in [-0.39, 0.29) is 28.8 Å². The molecule has 2 aliphatic rings. The van der Waals surface area contributed by atoms with Crippen molar-refractivity contribution in [3.8, 4) is 11.5 Å². The van der Waals surface area contributed by atoms with Crippen molar-refractivity contribution in [3.05, 3.63) is 53.7 Å². The van der Waals surface area contributed by atoms with Crippen LogP contribution in [0.25, 0.3) is 10.9 Å². The number of anilines is 1. The fraction of sp³-hybridized carbons (Fsp3) is 0.644. The molecule has 1 heterocycles. The average molecular weight is 713 g/mol. The van der Waals surface area contributed by atoms with E-state index in [1.165, 1.54) is 122 Å². The van der Waals surface area contributed by atoms with Crippen LogP contribution in [0.15, 0.2) is 42.6 Å². The van der Waals surface area contributed by atoms with Gasteiger partial charge in [0.15, 0.2) is 0 Å². The van der Waals surface area contributed by atoms with Gasteiger partial charge >= 0.3 is 6.03 Å². The lowest BCUT2D eigenvalue weighted by Crippen LogP contribution is -2.41. The van der Waals surface area contributed by atoms with E-state index in [0.717, 1.165) is 46.0 Å². The topological polar surface area (TPSA) is 116 Å². The molecule has 0 aliphatic heterocycles. The second-order valence-corrected chi connectivity index (χ2v) is 17.0. The Kier molecular flexibility index (Phi) is 14.5. The lowest BCUT2D eigenvalue weighted by Gasteiger charge is -2.32. The number of phenols is 2. The molecule has 2 fully saturated rings. The summed E-state index contributed by atoms with van der Waals surface area (Å²) in [6.07, 6.45) is 27.1. The maximum atomic E-state index is 12.7. The first-order valence-corrected chi connectivity index (χ1v) is 20.9. The Labute approximate surface area is 313 Å². The van der Waals surface area contributed by atoms with Crippen LogP contribution in [-0.4, -0.2) is 26.6 Å². The molecule has 2 aromatic carbocycles. The number of amides is 2. The monoisotopic (exact) mass is 713 g/mol. The highest BCUT2D eigenvalue weighted by atomic mass is 16.3. The number of fused-ring (bicyclic) bond motifs is 1. The predicted octanol–water partition coefficient (Wildman–Crippen LogP) is 12.3. The minimum Gasteiger partial charge on any atom is -0.508 e. The summed E-state index contributed by atoms with van der Waals surface area (Å²) in [6, 6.07) is 9.81. The smallest absolute Gasteiger partial charge is 0.325 e. The number of hydrogen-bond acceptors (Lipinski definition) is 4. The van der Waals surface area contributed by atoms with Gasteiger partial charge in [0.1, 0.15) is 17.3 Å². The zero-order valence-corrected chi connectivity index (χ0v) is 32.7. The van der Waals surface area contributed by atoms with E-state index in [4.69, 9.17) is 11.1 Å². The van der Waals surface area contributed by atoms with Crippen LogP contribution in [0, 0.1) is 35.0 Å². The van der Waals surface area contributed by atoms with E-state index in [9.17, 15) is 15.0 Å². The molecule has 7 heteroatoms. The van der Waals surface area contributed by atoms with Crippen LogP contribution in [-0.2, 0) is 6.54 Å². The molecule has 286 valence electrons. The standard InChI is InChI=1S/C45H68N4O3/c1-31(2)39-28-40(43(51)29-42(39)50)44(46)49(45(47)52)37-23-24-41-36(27-37)25-26-48(41)30-34-18-13-17-33(4)38(22-14-19-34)35-20-11-7-5-6-9-15-32(3)16-10-8-12-21-35/h23-29,31-35,38,46,50-51H,5-22,30H2,1-4H3,(H2,47,52)/t32?,33-,34?,35?,38?/m0/s1. The van der Waals surface area contributed by atoms with Crippen molar-refractivity contribution in [2.45, 2.75) is 156 Å². The summed E-state index contributed by atoms with van der Waals surface area (Å²) in [5.74, 6) is 3.52. The molecule has 2 aliphatic carbocycles. The van der Waals surface area contributed by atoms with Gasteiger partial charge in [-0.05, 0) is 90.7 Å². The van der Waals surface area contributed by atoms with E-state index in [1.54, 1.807) is 6.07 Å². The van der Waals surface area contributed by atoms with Crippen LogP contribution < -0.4 is 10.6 Å². The number of aromatic nitrogens is 1. The largest absolute Gasteiger partial charge is 0.508 e. The second-order valence-electron chi connectivity index (χ2n) is 17.0. The van der Waals surface area contributed by atoms with Gasteiger partial charge in [0.05, 0.1) is 11.3 Å². The van der Waals surface area contributed by atoms with Crippen LogP contribution >= 0.6 is 0 Å². The van der Waals surface area contributed by atoms with Crippen molar-refractivity contribution in [2.24, 2.45) is 35.3 Å². The summed E-state index contributed by atoms with van der Waals surface area (Å²) in [7, 11) is 0. The molecular formula is C45H68N4O3. The van der Waals surface area contributed by atoms with Gasteiger partial charge in [-0.1, -0.05) is 124 Å². The first kappa shape index (κ1) is 39.7. The van der Waals surface area contributed by atoms with Crippen molar-refractivity contribution in [2.75, 3.05) is 4.90 Å². The van der Waals surface area contributed by atoms with E-state index < -0.39 is 6.03 Å². The number of carbonyl (C=O) groups is 1. The number of urea groups is 1. The molecular weight excluding hydrogens is 645 g/mol. The number of benzene rings is 2. The van der Waals surface area contributed by atoms with E-state index in [2.05, 4.69) is 30.7 Å². The van der Waals surface area contributed by atoms with Crippen molar-refractivity contribution in [1.29, 1.82) is 5.41 Å². The molecule has 5 atom stereocenters. The van der Waals surface area contributed by atoms with Crippen LogP contribution in [0.1, 0.15) is 160 Å². The Morgan fingerprint density at radius 2 is 1.44 bits per heavy atom. The SMILES string of the molecule is CC1CCCCCCCC(C2CCCC(Cn3ccc4cc(N(C(=N)c5cc(C(C)C)c(O)cc5O)C(N)=O)ccc43)CCC[C@@H]2C)CCCCC1. The Morgan fingerprint density at radius 3 is 2.12 bits per heavy atom. The third-order valence-electron chi connectivity index (χ3n) is 12.7. The minimum atomic E-state index is -0.808. The van der Waals surface area contributed by atoms with Gasteiger partial charge in [-0.3, -0.25) is 5.41 Å². The summed E-state index contributed by atoms with van der Waals surface area (Å²) in [6.45, 7) is 9.86. The summed E-state index contributed by atoms with van der Waals surface area (Å²) in [5.41, 5.74) is 8.13. The normalized spacial score (nSPS) is 24.8. The van der Waals surface area contributed by atoms with Crippen molar-refractivity contribution < 1.29 is 15.0 Å². The molecule has 0 spiro atoms. The number of phenolic OH excluding ortho intramolecular Hbond substituents is 2. The Bertz CT molecular complexity index is 1610. The van der Waals surface area contributed by atoms with Gasteiger partial charge in [-0.2, -0.15) is 0 Å². The van der Waals surface area contributed by atoms with Crippen molar-refractivity contribution >= 4 is 28.5 Å². The van der Waals surface area contributed by atoms with E-state index >= 15 is 0 Å². The maximum absolute atomic E-state index is 12.7. The number of nitrogens with two attached hydrogens (primary N) is 1. The Morgan fingerprint density at radius 1 is 0.808 bits per heavy atom. The highest BCUT2D eigenvalue weighted by Crippen LogP contribution is 2.40. The van der Waals surface area contributed by atoms with Crippen LogP contribution in [0.2, 0.25) is 0 Å². The molecule has 3 aromatic rings. The summed E-state index contributed by atoms with van der Waals surface area (Å²) in [4.78, 5) is 13.9. The van der Waals surface area contributed by atoms with Gasteiger partial charge in [0.25, 0.3) is 0 Å². The lowest BCUT2D eigenvalue weighted by atomic mass is 9.73. The summed E-state index contributed by atoms with van der Waals surface area (Å²) >= 11 is 0. The second kappa shape index (κ2) is 19.0. The highest BCUT2D eigenvalue weighted by molar-refractivity contribution is 6.22. The molecule has 1 aromatic heterocycles. The molecule has 7 nitrogen and oxygen atoms in total. The first-order chi connectivity index (χ1) is 25.0. The van der Waals surface area contributed by atoms with E-state index in [1.807, 2.05) is 32.0 Å². The van der Waals surface area contributed by atoms with Crippen LogP contribution in [0.5, 0.6) is 11.5 Å². The first-order valence-electron chi connectivity index (χ1n) is 20.9. The van der Waals surface area contributed by atoms with Gasteiger partial charge in [-0.25, -0.2) is 9.69 Å². The third-order valence-corrected chi connectivity index (χ3v) is 12.7. The summed E-state index contributed by atoms with van der Waals surface area (Å²) in [5, 5.41) is 30.8. The number of aromatic hydroxyl groups is 2. The highest BCUT2D eigenvalue weighted by Gasteiger charge is 2.29. The molecule has 5 N–H and O–H groups in total. The number of amidine groups is 1. The Hall–Kier alpha value is -3.48. The molecule has 0 bridgehead atoms. The zero-order valence-electron chi connectivity index (χ0n) is 32.7. The number of rotatable bonds is 6.